The van der Waals surface area contributed by atoms with Gasteiger partial charge in [0.2, 0.25) is 0 Å². The summed E-state index contributed by atoms with van der Waals surface area (Å²) in [6, 6.07) is 40.1. The number of hydrogen-bond donors (Lipinski definition) is 0. The fraction of sp³-hybridized carbons (Fsp3) is 0.0625. The van der Waals surface area contributed by atoms with Crippen LogP contribution in [0.5, 0.6) is 0 Å². The van der Waals surface area contributed by atoms with Gasteiger partial charge in [0, 0.05) is 0 Å². The summed E-state index contributed by atoms with van der Waals surface area (Å²) >= 11 is 0. The van der Waals surface area contributed by atoms with E-state index in [4.69, 9.17) is 0 Å². The van der Waals surface area contributed by atoms with Gasteiger partial charge in [-0.3, -0.25) is 0 Å². The van der Waals surface area contributed by atoms with E-state index in [1.807, 2.05) is 0 Å². The van der Waals surface area contributed by atoms with Gasteiger partial charge >= 0.3 is 0 Å². The lowest BCUT2D eigenvalue weighted by atomic mass is 9.84. The molecule has 0 N–H and O–H groups in total. The van der Waals surface area contributed by atoms with Crippen LogP contribution in [0, 0.1) is 13.8 Å². The Bertz CT molecular complexity index is 1620. The number of rotatable bonds is 2. The van der Waals surface area contributed by atoms with E-state index in [9.17, 15) is 0 Å². The van der Waals surface area contributed by atoms with E-state index in [1.54, 1.807) is 0 Å². The highest BCUT2D eigenvalue weighted by Gasteiger charge is 2.17. The van der Waals surface area contributed by atoms with Crippen molar-refractivity contribution in [2.24, 2.45) is 0 Å². The Balaban J connectivity index is 1.82. The number of fused-ring (bicyclic) bond motifs is 3. The van der Waals surface area contributed by atoms with Gasteiger partial charge in [0.1, 0.15) is 0 Å². The van der Waals surface area contributed by atoms with Crippen LogP contribution in [-0.2, 0) is 0 Å². The molecule has 0 nitrogen and oxygen atoms in total. The zero-order chi connectivity index (χ0) is 21.7. The van der Waals surface area contributed by atoms with Crippen LogP contribution in [-0.4, -0.2) is 0 Å². The van der Waals surface area contributed by atoms with Crippen molar-refractivity contribution >= 4 is 32.3 Å². The molecule has 6 aromatic carbocycles. The molecule has 0 bridgehead atoms. The maximum atomic E-state index is 2.35. The Hall–Kier alpha value is -3.90. The van der Waals surface area contributed by atoms with Crippen molar-refractivity contribution in [3.8, 4) is 22.3 Å². The molecule has 152 valence electrons. The lowest BCUT2D eigenvalue weighted by Gasteiger charge is -2.19. The molecule has 0 aliphatic rings. The van der Waals surface area contributed by atoms with Crippen LogP contribution in [0.2, 0.25) is 0 Å². The normalized spacial score (nSPS) is 11.4. The maximum absolute atomic E-state index is 2.35. The lowest BCUT2D eigenvalue weighted by molar-refractivity contribution is 1.49. The lowest BCUT2D eigenvalue weighted by Crippen LogP contribution is -1.92. The smallest absolute Gasteiger partial charge is 0.00260 e. The quantitative estimate of drug-likeness (QED) is 0.251. The van der Waals surface area contributed by atoms with E-state index in [0.717, 1.165) is 0 Å². The monoisotopic (exact) mass is 408 g/mol. The average Bonchev–Trinajstić information content (AvgIpc) is 2.83. The minimum Gasteiger partial charge on any atom is -0.0622 e. The molecule has 0 aliphatic heterocycles. The van der Waals surface area contributed by atoms with Crippen molar-refractivity contribution < 1.29 is 0 Å². The molecule has 0 radical (unpaired) electrons. The Morgan fingerprint density at radius 3 is 1.59 bits per heavy atom. The van der Waals surface area contributed by atoms with Crippen molar-refractivity contribution in [2.75, 3.05) is 0 Å². The van der Waals surface area contributed by atoms with Gasteiger partial charge in [-0.05, 0) is 74.5 Å². The van der Waals surface area contributed by atoms with Gasteiger partial charge in [-0.2, -0.15) is 0 Å². The van der Waals surface area contributed by atoms with E-state index in [2.05, 4.69) is 123 Å². The van der Waals surface area contributed by atoms with Crippen molar-refractivity contribution in [3.05, 3.63) is 120 Å². The molecular weight excluding hydrogens is 384 g/mol. The summed E-state index contributed by atoms with van der Waals surface area (Å²) in [6.07, 6.45) is 0. The van der Waals surface area contributed by atoms with Gasteiger partial charge in [0.25, 0.3) is 0 Å². The summed E-state index contributed by atoms with van der Waals surface area (Å²) in [5, 5.41) is 7.80. The van der Waals surface area contributed by atoms with Gasteiger partial charge in [0.05, 0.1) is 0 Å². The Labute approximate surface area is 188 Å². The standard InChI is InChI=1S/C32H24/c1-21-13-17-28-29(18-21)31(24-9-4-3-5-10-24)27-16-12-22(2)19-30(27)32(28)26-15-14-23-8-6-7-11-25(23)20-26/h3-20H,1-2H3. The largest absolute Gasteiger partial charge is 0.0622 e. The second-order valence-corrected chi connectivity index (χ2v) is 8.78. The molecule has 0 spiro atoms. The third-order valence-corrected chi connectivity index (χ3v) is 6.53. The van der Waals surface area contributed by atoms with Crippen molar-refractivity contribution in [2.45, 2.75) is 13.8 Å². The molecule has 32 heavy (non-hydrogen) atoms. The van der Waals surface area contributed by atoms with Crippen LogP contribution < -0.4 is 0 Å². The summed E-state index contributed by atoms with van der Waals surface area (Å²) in [7, 11) is 0. The van der Waals surface area contributed by atoms with Gasteiger partial charge < -0.3 is 0 Å². The first-order valence-electron chi connectivity index (χ1n) is 11.2. The molecule has 6 rings (SSSR count). The van der Waals surface area contributed by atoms with E-state index in [-0.39, 0.29) is 0 Å². The van der Waals surface area contributed by atoms with Crippen LogP contribution in [0.15, 0.2) is 109 Å². The molecule has 0 aromatic heterocycles. The van der Waals surface area contributed by atoms with Crippen LogP contribution >= 0.6 is 0 Å². The van der Waals surface area contributed by atoms with Crippen LogP contribution in [0.25, 0.3) is 54.6 Å². The van der Waals surface area contributed by atoms with E-state index in [1.165, 1.54) is 65.7 Å². The molecule has 0 atom stereocenters. The number of aryl methyl sites for hydroxylation is 2. The fourth-order valence-corrected chi connectivity index (χ4v) is 5.03. The van der Waals surface area contributed by atoms with Crippen LogP contribution in [0.4, 0.5) is 0 Å². The fourth-order valence-electron chi connectivity index (χ4n) is 5.03. The molecule has 0 saturated carbocycles. The van der Waals surface area contributed by atoms with Gasteiger partial charge in [-0.25, -0.2) is 0 Å². The van der Waals surface area contributed by atoms with Crippen molar-refractivity contribution in [1.29, 1.82) is 0 Å². The third kappa shape index (κ3) is 2.99. The number of hydrogen-bond acceptors (Lipinski definition) is 0. The zero-order valence-corrected chi connectivity index (χ0v) is 18.4. The molecule has 0 amide bonds. The molecule has 0 saturated heterocycles. The Morgan fingerprint density at radius 2 is 0.938 bits per heavy atom. The van der Waals surface area contributed by atoms with E-state index >= 15 is 0 Å². The topological polar surface area (TPSA) is 0 Å². The molecular formula is C32H24. The summed E-state index contributed by atoms with van der Waals surface area (Å²) < 4.78 is 0. The van der Waals surface area contributed by atoms with E-state index < -0.39 is 0 Å². The van der Waals surface area contributed by atoms with Crippen molar-refractivity contribution in [3.63, 3.8) is 0 Å². The van der Waals surface area contributed by atoms with Crippen molar-refractivity contribution in [1.82, 2.24) is 0 Å². The highest BCUT2D eigenvalue weighted by Crippen LogP contribution is 2.44. The van der Waals surface area contributed by atoms with Gasteiger partial charge in [-0.1, -0.05) is 114 Å². The highest BCUT2D eigenvalue weighted by atomic mass is 14.2. The maximum Gasteiger partial charge on any atom is -0.00260 e. The molecule has 0 fully saturated rings. The first-order chi connectivity index (χ1) is 15.7. The first-order valence-corrected chi connectivity index (χ1v) is 11.2. The summed E-state index contributed by atoms with van der Waals surface area (Å²) in [6.45, 7) is 4.37. The second kappa shape index (κ2) is 7.35. The molecule has 0 aliphatic carbocycles. The minimum absolute atomic E-state index is 1.27. The van der Waals surface area contributed by atoms with E-state index in [0.29, 0.717) is 0 Å². The summed E-state index contributed by atoms with van der Waals surface area (Å²) in [5.74, 6) is 0. The van der Waals surface area contributed by atoms with Gasteiger partial charge in [0.15, 0.2) is 0 Å². The molecule has 0 unspecified atom stereocenters. The van der Waals surface area contributed by atoms with Crippen LogP contribution in [0.3, 0.4) is 0 Å². The summed E-state index contributed by atoms with van der Waals surface area (Å²) in [5.41, 5.74) is 7.75. The zero-order valence-electron chi connectivity index (χ0n) is 18.4. The molecule has 6 aromatic rings. The minimum atomic E-state index is 1.27. The highest BCUT2D eigenvalue weighted by molar-refractivity contribution is 6.21. The Kier molecular flexibility index (Phi) is 4.33. The summed E-state index contributed by atoms with van der Waals surface area (Å²) in [4.78, 5) is 0. The molecule has 0 heteroatoms. The van der Waals surface area contributed by atoms with Crippen LogP contribution in [0.1, 0.15) is 11.1 Å². The first kappa shape index (κ1) is 18.8. The molecule has 0 heterocycles. The number of benzene rings is 6. The predicted octanol–water partition coefficient (Wildman–Crippen LogP) is 9.10. The third-order valence-electron chi connectivity index (χ3n) is 6.53. The second-order valence-electron chi connectivity index (χ2n) is 8.78. The average molecular weight is 409 g/mol. The van der Waals surface area contributed by atoms with Gasteiger partial charge in [-0.15, -0.1) is 0 Å². The SMILES string of the molecule is Cc1ccc2c(-c3ccc4ccccc4c3)c3cc(C)ccc3c(-c3ccccc3)c2c1. The predicted molar refractivity (Wildman–Crippen MR) is 139 cm³/mol. The Morgan fingerprint density at radius 1 is 0.375 bits per heavy atom.